The largest absolute Gasteiger partial charge is 0.496 e. The lowest BCUT2D eigenvalue weighted by atomic mass is 10.0. The van der Waals surface area contributed by atoms with E-state index in [9.17, 15) is 0 Å². The third-order valence-corrected chi connectivity index (χ3v) is 5.98. The number of rotatable bonds is 8. The van der Waals surface area contributed by atoms with E-state index in [0.717, 1.165) is 47.2 Å². The molecule has 0 N–H and O–H groups in total. The monoisotopic (exact) mass is 406 g/mol. The van der Waals surface area contributed by atoms with Crippen LogP contribution in [0, 0.1) is 5.92 Å². The van der Waals surface area contributed by atoms with Crippen molar-refractivity contribution in [3.63, 3.8) is 0 Å². The molecule has 0 radical (unpaired) electrons. The smallest absolute Gasteiger partial charge is 0.124 e. The summed E-state index contributed by atoms with van der Waals surface area (Å²) in [4.78, 5) is 6.64. The summed E-state index contributed by atoms with van der Waals surface area (Å²) in [5.74, 6) is 2.59. The normalized spacial score (nSPS) is 13.7. The van der Waals surface area contributed by atoms with Crippen LogP contribution in [0.4, 0.5) is 5.69 Å². The third kappa shape index (κ3) is 5.77. The minimum Gasteiger partial charge on any atom is -0.496 e. The molecular weight excluding hydrogens is 376 g/mol. The van der Waals surface area contributed by atoms with Crippen molar-refractivity contribution < 1.29 is 4.74 Å². The van der Waals surface area contributed by atoms with Gasteiger partial charge in [-0.1, -0.05) is 56.8 Å². The lowest BCUT2D eigenvalue weighted by Gasteiger charge is -2.26. The molecule has 0 fully saturated rings. The molecule has 0 bridgehead atoms. The molecule has 1 heterocycles. The average molecular weight is 407 g/mol. The van der Waals surface area contributed by atoms with E-state index in [0.29, 0.717) is 5.92 Å². The van der Waals surface area contributed by atoms with Crippen molar-refractivity contribution in [2.24, 2.45) is 10.9 Å². The Morgan fingerprint density at radius 2 is 1.90 bits per heavy atom. The van der Waals surface area contributed by atoms with Gasteiger partial charge in [-0.15, -0.1) is 11.8 Å². The molecule has 0 atom stereocenters. The Balaban J connectivity index is 1.66. The number of methoxy groups -OCH3 is 1. The minimum atomic E-state index is 0.677. The number of ether oxygens (including phenoxy) is 1. The predicted molar refractivity (Wildman–Crippen MR) is 127 cm³/mol. The van der Waals surface area contributed by atoms with E-state index < -0.39 is 0 Å². The molecule has 1 aliphatic rings. The lowest BCUT2D eigenvalue weighted by molar-refractivity contribution is 0.407. The number of aryl methyl sites for hydroxylation is 2. The Morgan fingerprint density at radius 3 is 2.62 bits per heavy atom. The van der Waals surface area contributed by atoms with Crippen molar-refractivity contribution >= 4 is 22.5 Å². The van der Waals surface area contributed by atoms with Crippen LogP contribution in [0.5, 0.6) is 5.75 Å². The third-order valence-electron chi connectivity index (χ3n) is 4.96. The number of hydrogen-bond donors (Lipinski definition) is 0. The fourth-order valence-corrected chi connectivity index (χ4v) is 4.17. The number of benzene rings is 2. The van der Waals surface area contributed by atoms with Crippen LogP contribution in [0.2, 0.25) is 0 Å². The predicted octanol–water partition coefficient (Wildman–Crippen LogP) is 6.46. The lowest BCUT2D eigenvalue weighted by Crippen LogP contribution is -2.22. The van der Waals surface area contributed by atoms with Crippen LogP contribution >= 0.6 is 11.8 Å². The van der Waals surface area contributed by atoms with Crippen LogP contribution in [0.15, 0.2) is 78.2 Å². The molecule has 2 aromatic rings. The Kier molecular flexibility index (Phi) is 7.59. The van der Waals surface area contributed by atoms with Crippen molar-refractivity contribution in [1.29, 1.82) is 0 Å². The number of thioether (sulfide) groups is 1. The molecule has 0 unspecified atom stereocenters. The zero-order valence-corrected chi connectivity index (χ0v) is 18.4. The minimum absolute atomic E-state index is 0.677. The Labute approximate surface area is 179 Å². The van der Waals surface area contributed by atoms with E-state index in [2.05, 4.69) is 78.8 Å². The number of aliphatic imine (C=N–C) groups is 1. The Bertz CT molecular complexity index is 887. The van der Waals surface area contributed by atoms with Gasteiger partial charge in [0.15, 0.2) is 0 Å². The van der Waals surface area contributed by atoms with E-state index >= 15 is 0 Å². The second-order valence-corrected chi connectivity index (χ2v) is 8.65. The van der Waals surface area contributed by atoms with Crippen molar-refractivity contribution in [2.75, 3.05) is 17.8 Å². The van der Waals surface area contributed by atoms with Gasteiger partial charge in [0, 0.05) is 29.9 Å². The highest BCUT2D eigenvalue weighted by Gasteiger charge is 2.18. The van der Waals surface area contributed by atoms with Crippen molar-refractivity contribution in [3.8, 4) is 5.75 Å². The van der Waals surface area contributed by atoms with Gasteiger partial charge in [-0.05, 0) is 42.4 Å². The van der Waals surface area contributed by atoms with Crippen LogP contribution in [0.1, 0.15) is 31.4 Å². The molecule has 3 rings (SSSR count). The first-order valence-corrected chi connectivity index (χ1v) is 11.1. The Hall–Kier alpha value is -2.46. The molecule has 0 spiro atoms. The fraction of sp³-hybridized carbons (Fsp3) is 0.320. The molecule has 1 aliphatic heterocycles. The maximum Gasteiger partial charge on any atom is 0.124 e. The molecule has 29 heavy (non-hydrogen) atoms. The molecule has 0 aliphatic carbocycles. The van der Waals surface area contributed by atoms with Gasteiger partial charge in [-0.2, -0.15) is 0 Å². The van der Waals surface area contributed by atoms with Gasteiger partial charge in [-0.3, -0.25) is 0 Å². The highest BCUT2D eigenvalue weighted by Crippen LogP contribution is 2.32. The first-order chi connectivity index (χ1) is 14.1. The molecule has 3 nitrogen and oxygen atoms in total. The summed E-state index contributed by atoms with van der Waals surface area (Å²) in [6.07, 6.45) is 7.01. The van der Waals surface area contributed by atoms with E-state index in [1.807, 2.05) is 12.4 Å². The molecule has 2 aromatic carbocycles. The van der Waals surface area contributed by atoms with E-state index in [-0.39, 0.29) is 0 Å². The van der Waals surface area contributed by atoms with Crippen LogP contribution in [0.25, 0.3) is 0 Å². The van der Waals surface area contributed by atoms with Gasteiger partial charge in [0.1, 0.15) is 10.8 Å². The first kappa shape index (κ1) is 21.3. The molecule has 0 saturated heterocycles. The Morgan fingerprint density at radius 1 is 1.10 bits per heavy atom. The van der Waals surface area contributed by atoms with Crippen LogP contribution in [-0.2, 0) is 12.8 Å². The second-order valence-electron chi connectivity index (χ2n) is 7.56. The highest BCUT2D eigenvalue weighted by atomic mass is 32.2. The van der Waals surface area contributed by atoms with E-state index in [1.165, 1.54) is 11.1 Å². The SMILES string of the molecule is C=C1C(SCCc2ccccc2)=NC=CN1c1ccc(CCC(C)C)c(OC)c1. The standard InChI is InChI=1S/C25H30N2OS/c1-19(2)10-11-22-12-13-23(18-24(22)28-4)27-16-15-26-25(20(27)3)29-17-14-21-8-6-5-7-9-21/h5-9,12-13,15-16,18-19H,3,10-11,14,17H2,1-2,4H3. The molecule has 152 valence electrons. The van der Waals surface area contributed by atoms with Crippen LogP contribution in [-0.4, -0.2) is 17.9 Å². The van der Waals surface area contributed by atoms with Gasteiger partial charge in [-0.25, -0.2) is 4.99 Å². The summed E-state index contributed by atoms with van der Waals surface area (Å²) in [6.45, 7) is 8.80. The van der Waals surface area contributed by atoms with Crippen LogP contribution in [0.3, 0.4) is 0 Å². The van der Waals surface area contributed by atoms with Crippen molar-refractivity contribution in [1.82, 2.24) is 0 Å². The van der Waals surface area contributed by atoms with E-state index in [4.69, 9.17) is 4.74 Å². The van der Waals surface area contributed by atoms with Crippen LogP contribution < -0.4 is 9.64 Å². The summed E-state index contributed by atoms with van der Waals surface area (Å²) in [5.41, 5.74) is 4.55. The number of hydrogen-bond acceptors (Lipinski definition) is 4. The zero-order chi connectivity index (χ0) is 20.6. The summed E-state index contributed by atoms with van der Waals surface area (Å²) < 4.78 is 5.67. The van der Waals surface area contributed by atoms with Gasteiger partial charge >= 0.3 is 0 Å². The van der Waals surface area contributed by atoms with Gasteiger partial charge in [0.05, 0.1) is 12.8 Å². The molecule has 0 aromatic heterocycles. The number of nitrogens with zero attached hydrogens (tertiary/aromatic N) is 2. The van der Waals surface area contributed by atoms with Gasteiger partial charge < -0.3 is 9.64 Å². The second kappa shape index (κ2) is 10.4. The highest BCUT2D eigenvalue weighted by molar-refractivity contribution is 8.14. The van der Waals surface area contributed by atoms with Gasteiger partial charge in [0.25, 0.3) is 0 Å². The maximum absolute atomic E-state index is 5.67. The fourth-order valence-electron chi connectivity index (χ4n) is 3.24. The quantitative estimate of drug-likeness (QED) is 0.503. The molecular formula is C25H30N2OS. The molecule has 4 heteroatoms. The molecule has 0 saturated carbocycles. The number of anilines is 1. The summed E-state index contributed by atoms with van der Waals surface area (Å²) in [7, 11) is 1.74. The summed E-state index contributed by atoms with van der Waals surface area (Å²) >= 11 is 1.75. The molecule has 0 amide bonds. The van der Waals surface area contributed by atoms with Crippen molar-refractivity contribution in [2.45, 2.75) is 33.1 Å². The topological polar surface area (TPSA) is 24.8 Å². The first-order valence-electron chi connectivity index (χ1n) is 10.1. The average Bonchev–Trinajstić information content (AvgIpc) is 2.74. The summed E-state index contributed by atoms with van der Waals surface area (Å²) in [6, 6.07) is 17.0. The zero-order valence-electron chi connectivity index (χ0n) is 17.6. The maximum atomic E-state index is 5.67. The van der Waals surface area contributed by atoms with Gasteiger partial charge in [0.2, 0.25) is 0 Å². The summed E-state index contributed by atoms with van der Waals surface area (Å²) in [5, 5.41) is 0.964. The van der Waals surface area contributed by atoms with E-state index in [1.54, 1.807) is 18.9 Å². The van der Waals surface area contributed by atoms with Crippen molar-refractivity contribution in [3.05, 3.63) is 84.3 Å².